The molecule has 0 aliphatic heterocycles. The standard InChI is InChI=1S/C3H6N6.3C3H8O/c4-1-7-2(5)9-3(6)8-1;3*1-3(2)4/h(H6,4,5,6,7,8,9);3*3-4H,1-2H3. The van der Waals surface area contributed by atoms with Gasteiger partial charge in [-0.2, -0.15) is 15.0 Å². The minimum Gasteiger partial charge on any atom is -0.394 e. The molecule has 9 nitrogen and oxygen atoms in total. The number of aliphatic hydroxyl groups excluding tert-OH is 3. The topological polar surface area (TPSA) is 177 Å². The average molecular weight is 306 g/mol. The number of nitrogen functional groups attached to an aromatic ring is 3. The lowest BCUT2D eigenvalue weighted by Gasteiger charge is -1.93. The molecule has 9 N–H and O–H groups in total. The van der Waals surface area contributed by atoms with Gasteiger partial charge in [0.25, 0.3) is 0 Å². The predicted molar refractivity (Wildman–Crippen MR) is 85.1 cm³/mol. The van der Waals surface area contributed by atoms with Crippen LogP contribution in [-0.2, 0) is 0 Å². The Labute approximate surface area is 126 Å². The van der Waals surface area contributed by atoms with E-state index >= 15 is 0 Å². The Hall–Kier alpha value is -1.71. The number of aliphatic hydroxyl groups is 3. The number of aromatic nitrogens is 3. The highest BCUT2D eigenvalue weighted by Crippen LogP contribution is 1.97. The van der Waals surface area contributed by atoms with Crippen molar-refractivity contribution >= 4 is 17.8 Å². The summed E-state index contributed by atoms with van der Waals surface area (Å²) in [6, 6.07) is 0. The number of nitrogens with two attached hydrogens (primary N) is 3. The Kier molecular flexibility index (Phi) is 17.0. The molecule has 1 heterocycles. The fourth-order valence-electron chi connectivity index (χ4n) is 0.427. The summed E-state index contributed by atoms with van der Waals surface area (Å²) in [5.74, 6) is 0.125. The smallest absolute Gasteiger partial charge is 0.226 e. The maximum Gasteiger partial charge on any atom is 0.226 e. The summed E-state index contributed by atoms with van der Waals surface area (Å²) in [5.41, 5.74) is 15.4. The van der Waals surface area contributed by atoms with Gasteiger partial charge in [0.05, 0.1) is 0 Å². The third kappa shape index (κ3) is 45.8. The molecule has 21 heavy (non-hydrogen) atoms. The van der Waals surface area contributed by atoms with E-state index in [9.17, 15) is 0 Å². The maximum atomic E-state index is 8.06. The summed E-state index contributed by atoms with van der Waals surface area (Å²) >= 11 is 0. The summed E-state index contributed by atoms with van der Waals surface area (Å²) in [6.45, 7) is 10.3. The van der Waals surface area contributed by atoms with Gasteiger partial charge in [-0.25, -0.2) is 0 Å². The van der Waals surface area contributed by atoms with Gasteiger partial charge in [0.1, 0.15) is 0 Å². The molecule has 0 aliphatic rings. The Morgan fingerprint density at radius 3 is 0.762 bits per heavy atom. The first-order chi connectivity index (χ1) is 9.38. The quantitative estimate of drug-likeness (QED) is 0.378. The molecule has 9 heteroatoms. The zero-order valence-electron chi connectivity index (χ0n) is 13.6. The Bertz CT molecular complexity index is 275. The molecule has 0 aliphatic carbocycles. The molecule has 0 amide bonds. The van der Waals surface area contributed by atoms with Crippen molar-refractivity contribution in [3.8, 4) is 0 Å². The van der Waals surface area contributed by atoms with E-state index in [0.717, 1.165) is 0 Å². The van der Waals surface area contributed by atoms with Gasteiger partial charge < -0.3 is 32.5 Å². The molecule has 0 unspecified atom stereocenters. The number of hydrogen-bond acceptors (Lipinski definition) is 9. The molecular weight excluding hydrogens is 276 g/mol. The summed E-state index contributed by atoms with van der Waals surface area (Å²) in [5, 5.41) is 24.2. The fraction of sp³-hybridized carbons (Fsp3) is 0.750. The van der Waals surface area contributed by atoms with Crippen molar-refractivity contribution < 1.29 is 15.3 Å². The van der Waals surface area contributed by atoms with Crippen molar-refractivity contribution in [2.45, 2.75) is 59.9 Å². The molecule has 126 valence electrons. The zero-order chi connectivity index (χ0) is 17.6. The van der Waals surface area contributed by atoms with Crippen molar-refractivity contribution in [3.05, 3.63) is 0 Å². The average Bonchev–Trinajstić information content (AvgIpc) is 2.10. The van der Waals surface area contributed by atoms with E-state index in [-0.39, 0.29) is 36.2 Å². The van der Waals surface area contributed by atoms with Crippen LogP contribution in [0.15, 0.2) is 0 Å². The van der Waals surface area contributed by atoms with Gasteiger partial charge >= 0.3 is 0 Å². The van der Waals surface area contributed by atoms with E-state index in [1.165, 1.54) is 0 Å². The third-order valence-electron chi connectivity index (χ3n) is 0.687. The molecule has 1 aromatic rings. The Morgan fingerprint density at radius 1 is 0.571 bits per heavy atom. The molecule has 0 bridgehead atoms. The second-order valence-electron chi connectivity index (χ2n) is 4.69. The van der Waals surface area contributed by atoms with Crippen LogP contribution in [0, 0.1) is 0 Å². The van der Waals surface area contributed by atoms with Crippen molar-refractivity contribution in [2.24, 2.45) is 0 Å². The van der Waals surface area contributed by atoms with Gasteiger partial charge in [0.2, 0.25) is 17.8 Å². The van der Waals surface area contributed by atoms with Crippen LogP contribution in [-0.4, -0.2) is 48.6 Å². The third-order valence-corrected chi connectivity index (χ3v) is 0.687. The summed E-state index contributed by atoms with van der Waals surface area (Å²) in [6.07, 6.45) is -0.500. The van der Waals surface area contributed by atoms with Crippen LogP contribution in [0.1, 0.15) is 41.5 Å². The molecule has 0 saturated carbocycles. The van der Waals surface area contributed by atoms with Gasteiger partial charge in [0, 0.05) is 18.3 Å². The van der Waals surface area contributed by atoms with Gasteiger partial charge in [-0.15, -0.1) is 0 Å². The lowest BCUT2D eigenvalue weighted by atomic mass is 10.5. The predicted octanol–water partition coefficient (Wildman–Crippen LogP) is -0.220. The molecular formula is C12H30N6O3. The highest BCUT2D eigenvalue weighted by atomic mass is 16.3. The van der Waals surface area contributed by atoms with Crippen molar-refractivity contribution in [3.63, 3.8) is 0 Å². The summed E-state index contributed by atoms with van der Waals surface area (Å²) in [4.78, 5) is 10.5. The van der Waals surface area contributed by atoms with E-state index in [1.807, 2.05) is 0 Å². The van der Waals surface area contributed by atoms with E-state index in [4.69, 9.17) is 32.5 Å². The molecule has 0 atom stereocenters. The summed E-state index contributed by atoms with van der Waals surface area (Å²) in [7, 11) is 0. The Balaban J connectivity index is -0.000000230. The Morgan fingerprint density at radius 2 is 0.667 bits per heavy atom. The van der Waals surface area contributed by atoms with Crippen LogP contribution < -0.4 is 17.2 Å². The van der Waals surface area contributed by atoms with Gasteiger partial charge in [-0.1, -0.05) is 0 Å². The molecule has 1 aromatic heterocycles. The van der Waals surface area contributed by atoms with Gasteiger partial charge in [-0.05, 0) is 41.5 Å². The molecule has 1 rings (SSSR count). The second-order valence-corrected chi connectivity index (χ2v) is 4.69. The van der Waals surface area contributed by atoms with Crippen molar-refractivity contribution in [1.29, 1.82) is 0 Å². The molecule has 0 spiro atoms. The zero-order valence-corrected chi connectivity index (χ0v) is 13.6. The number of anilines is 3. The normalized spacial score (nSPS) is 9.14. The molecule has 0 saturated heterocycles. The van der Waals surface area contributed by atoms with E-state index in [0.29, 0.717) is 0 Å². The minimum absolute atomic E-state index is 0.0417. The van der Waals surface area contributed by atoms with Crippen LogP contribution in [0.25, 0.3) is 0 Å². The molecule has 0 radical (unpaired) electrons. The van der Waals surface area contributed by atoms with Crippen LogP contribution in [0.3, 0.4) is 0 Å². The number of nitrogens with zero attached hydrogens (tertiary/aromatic N) is 3. The first kappa shape index (κ1) is 24.3. The second kappa shape index (κ2) is 14.7. The molecule has 0 aromatic carbocycles. The van der Waals surface area contributed by atoms with E-state index < -0.39 is 0 Å². The first-order valence-corrected chi connectivity index (χ1v) is 6.45. The largest absolute Gasteiger partial charge is 0.394 e. The van der Waals surface area contributed by atoms with Crippen LogP contribution >= 0.6 is 0 Å². The highest BCUT2D eigenvalue weighted by Gasteiger charge is 1.93. The van der Waals surface area contributed by atoms with Gasteiger partial charge in [0.15, 0.2) is 0 Å². The monoisotopic (exact) mass is 306 g/mol. The van der Waals surface area contributed by atoms with Crippen LogP contribution in [0.4, 0.5) is 17.8 Å². The van der Waals surface area contributed by atoms with Crippen molar-refractivity contribution in [1.82, 2.24) is 15.0 Å². The van der Waals surface area contributed by atoms with Crippen molar-refractivity contribution in [2.75, 3.05) is 17.2 Å². The lowest BCUT2D eigenvalue weighted by Crippen LogP contribution is -2.05. The number of hydrogen-bond donors (Lipinski definition) is 6. The fourth-order valence-corrected chi connectivity index (χ4v) is 0.427. The summed E-state index contributed by atoms with van der Waals surface area (Å²) < 4.78 is 0. The highest BCUT2D eigenvalue weighted by molar-refractivity contribution is 5.33. The van der Waals surface area contributed by atoms with Crippen LogP contribution in [0.5, 0.6) is 0 Å². The maximum absolute atomic E-state index is 8.06. The minimum atomic E-state index is -0.167. The van der Waals surface area contributed by atoms with E-state index in [1.54, 1.807) is 41.5 Å². The SMILES string of the molecule is CC(C)O.CC(C)O.CC(C)O.Nc1nc(N)nc(N)n1. The first-order valence-electron chi connectivity index (χ1n) is 6.45. The number of rotatable bonds is 0. The lowest BCUT2D eigenvalue weighted by molar-refractivity contribution is 0.215. The van der Waals surface area contributed by atoms with Gasteiger partial charge in [-0.3, -0.25) is 0 Å². The van der Waals surface area contributed by atoms with E-state index in [2.05, 4.69) is 15.0 Å². The molecule has 0 fully saturated rings. The van der Waals surface area contributed by atoms with Crippen LogP contribution in [0.2, 0.25) is 0 Å².